The zero-order valence-electron chi connectivity index (χ0n) is 12.6. The van der Waals surface area contributed by atoms with Crippen molar-refractivity contribution >= 4 is 17.5 Å². The van der Waals surface area contributed by atoms with Crippen LogP contribution in [0.25, 0.3) is 0 Å². The number of rotatable bonds is 4. The number of hydrogen-bond donors (Lipinski definition) is 2. The lowest BCUT2D eigenvalue weighted by molar-refractivity contribution is -0.128. The Hall–Kier alpha value is -2.08. The van der Waals surface area contributed by atoms with Gasteiger partial charge >= 0.3 is 0 Å². The topological polar surface area (TPSA) is 84.7 Å². The first-order valence-electron chi connectivity index (χ1n) is 6.92. The van der Waals surface area contributed by atoms with Crippen LogP contribution in [0.2, 0.25) is 0 Å². The Kier molecular flexibility index (Phi) is 4.18. The number of ether oxygens (including phenoxy) is 1. The summed E-state index contributed by atoms with van der Waals surface area (Å²) in [4.78, 5) is 25.9. The Labute approximate surface area is 124 Å². The highest BCUT2D eigenvalue weighted by Crippen LogP contribution is 2.33. The van der Waals surface area contributed by atoms with E-state index in [9.17, 15) is 9.59 Å². The molecular weight excluding hydrogens is 270 g/mol. The van der Waals surface area contributed by atoms with Crippen LogP contribution in [-0.4, -0.2) is 36.5 Å². The maximum atomic E-state index is 12.3. The molecule has 114 valence electrons. The smallest absolute Gasteiger partial charge is 0.268 e. The number of nitrogens with zero attached hydrogens (tertiary/aromatic N) is 1. The molecule has 2 amide bonds. The number of benzene rings is 1. The molecule has 1 aliphatic rings. The Morgan fingerprint density at radius 2 is 2.10 bits per heavy atom. The third-order valence-corrected chi connectivity index (χ3v) is 3.36. The van der Waals surface area contributed by atoms with Crippen molar-refractivity contribution in [3.05, 3.63) is 24.3 Å². The number of para-hydroxylation sites is 2. The van der Waals surface area contributed by atoms with Gasteiger partial charge in [-0.15, -0.1) is 0 Å². The number of amides is 2. The lowest BCUT2D eigenvalue weighted by Crippen LogP contribution is -2.54. The second kappa shape index (κ2) is 5.73. The van der Waals surface area contributed by atoms with Crippen LogP contribution in [0.1, 0.15) is 20.8 Å². The van der Waals surface area contributed by atoms with E-state index in [1.807, 2.05) is 19.9 Å². The predicted octanol–water partition coefficient (Wildman–Crippen LogP) is 0.654. The fourth-order valence-corrected chi connectivity index (χ4v) is 2.13. The van der Waals surface area contributed by atoms with Gasteiger partial charge in [-0.2, -0.15) is 0 Å². The molecule has 0 radical (unpaired) electrons. The highest BCUT2D eigenvalue weighted by Gasteiger charge is 2.33. The largest absolute Gasteiger partial charge is 0.479 e. The van der Waals surface area contributed by atoms with Crippen LogP contribution in [0.5, 0.6) is 5.75 Å². The van der Waals surface area contributed by atoms with Gasteiger partial charge in [0, 0.05) is 12.1 Å². The van der Waals surface area contributed by atoms with Crippen molar-refractivity contribution in [2.24, 2.45) is 5.73 Å². The van der Waals surface area contributed by atoms with Gasteiger partial charge in [0.2, 0.25) is 5.91 Å². The summed E-state index contributed by atoms with van der Waals surface area (Å²) in [6.45, 7) is 5.62. The maximum absolute atomic E-state index is 12.3. The predicted molar refractivity (Wildman–Crippen MR) is 80.2 cm³/mol. The fraction of sp³-hybridized carbons (Fsp3) is 0.467. The Bertz CT molecular complexity index is 557. The molecule has 6 nitrogen and oxygen atoms in total. The molecule has 3 N–H and O–H groups in total. The first-order chi connectivity index (χ1) is 9.84. The van der Waals surface area contributed by atoms with E-state index >= 15 is 0 Å². The van der Waals surface area contributed by atoms with E-state index in [0.29, 0.717) is 18.0 Å². The summed E-state index contributed by atoms with van der Waals surface area (Å²) in [5, 5.41) is 2.82. The van der Waals surface area contributed by atoms with Crippen LogP contribution in [0.4, 0.5) is 5.69 Å². The van der Waals surface area contributed by atoms with Crippen molar-refractivity contribution < 1.29 is 14.3 Å². The van der Waals surface area contributed by atoms with Crippen molar-refractivity contribution in [2.45, 2.75) is 32.4 Å². The standard InChI is InChI=1S/C15H21N3O3/c1-10-14(20)18(8-13(19)17-15(2,3)9-16)11-6-4-5-7-12(11)21-10/h4-7,10H,8-9,16H2,1-3H3,(H,17,19). The molecule has 0 fully saturated rings. The lowest BCUT2D eigenvalue weighted by Gasteiger charge is -2.33. The first-order valence-corrected chi connectivity index (χ1v) is 6.92. The molecule has 0 spiro atoms. The number of fused-ring (bicyclic) bond motifs is 1. The van der Waals surface area contributed by atoms with Crippen LogP contribution in [0.15, 0.2) is 24.3 Å². The average molecular weight is 291 g/mol. The molecule has 0 aliphatic carbocycles. The molecule has 2 rings (SSSR count). The minimum atomic E-state index is -0.602. The maximum Gasteiger partial charge on any atom is 0.268 e. The van der Waals surface area contributed by atoms with Gasteiger partial charge in [-0.05, 0) is 32.9 Å². The highest BCUT2D eigenvalue weighted by molar-refractivity contribution is 6.03. The third-order valence-electron chi connectivity index (χ3n) is 3.36. The molecule has 21 heavy (non-hydrogen) atoms. The molecule has 1 aromatic rings. The van der Waals surface area contributed by atoms with E-state index in [4.69, 9.17) is 10.5 Å². The molecule has 6 heteroatoms. The van der Waals surface area contributed by atoms with Crippen molar-refractivity contribution in [3.8, 4) is 5.75 Å². The van der Waals surface area contributed by atoms with E-state index in [1.54, 1.807) is 25.1 Å². The molecule has 0 saturated carbocycles. The number of anilines is 1. The minimum absolute atomic E-state index is 0.0486. The quantitative estimate of drug-likeness (QED) is 0.853. The van der Waals surface area contributed by atoms with Crippen molar-refractivity contribution in [3.63, 3.8) is 0 Å². The number of carbonyl (C=O) groups excluding carboxylic acids is 2. The van der Waals surface area contributed by atoms with E-state index in [1.165, 1.54) is 4.90 Å². The Balaban J connectivity index is 2.19. The summed E-state index contributed by atoms with van der Waals surface area (Å²) in [6, 6.07) is 7.19. The van der Waals surface area contributed by atoms with Gasteiger partial charge in [0.25, 0.3) is 5.91 Å². The Morgan fingerprint density at radius 3 is 2.76 bits per heavy atom. The van der Waals surface area contributed by atoms with Crippen molar-refractivity contribution in [2.75, 3.05) is 18.0 Å². The molecule has 0 aromatic heterocycles. The minimum Gasteiger partial charge on any atom is -0.479 e. The summed E-state index contributed by atoms with van der Waals surface area (Å²) >= 11 is 0. The third kappa shape index (κ3) is 3.33. The molecule has 1 unspecified atom stereocenters. The van der Waals surface area contributed by atoms with Gasteiger partial charge in [0.15, 0.2) is 6.10 Å². The van der Waals surface area contributed by atoms with Crippen molar-refractivity contribution in [1.82, 2.24) is 5.32 Å². The summed E-state index contributed by atoms with van der Waals surface area (Å²) in [7, 11) is 0. The normalized spacial score (nSPS) is 18.0. The highest BCUT2D eigenvalue weighted by atomic mass is 16.5. The van der Waals surface area contributed by atoms with Gasteiger partial charge < -0.3 is 15.8 Å². The molecule has 0 bridgehead atoms. The van der Waals surface area contributed by atoms with Crippen molar-refractivity contribution in [1.29, 1.82) is 0 Å². The van der Waals surface area contributed by atoms with Gasteiger partial charge in [0.1, 0.15) is 12.3 Å². The molecule has 1 heterocycles. The summed E-state index contributed by atoms with van der Waals surface area (Å²) in [6.07, 6.45) is -0.602. The zero-order chi connectivity index (χ0) is 15.6. The summed E-state index contributed by atoms with van der Waals surface area (Å²) in [5.41, 5.74) is 5.71. The van der Waals surface area contributed by atoms with Gasteiger partial charge in [-0.3, -0.25) is 14.5 Å². The van der Waals surface area contributed by atoms with Gasteiger partial charge in [0.05, 0.1) is 5.69 Å². The monoisotopic (exact) mass is 291 g/mol. The molecular formula is C15H21N3O3. The first kappa shape index (κ1) is 15.3. The second-order valence-corrected chi connectivity index (χ2v) is 5.79. The van der Waals surface area contributed by atoms with E-state index in [2.05, 4.69) is 5.32 Å². The molecule has 1 aliphatic heterocycles. The average Bonchev–Trinajstić information content (AvgIpc) is 2.43. The fourth-order valence-electron chi connectivity index (χ4n) is 2.13. The van der Waals surface area contributed by atoms with Crippen LogP contribution < -0.4 is 20.7 Å². The number of hydrogen-bond acceptors (Lipinski definition) is 4. The lowest BCUT2D eigenvalue weighted by atomic mass is 10.1. The Morgan fingerprint density at radius 1 is 1.43 bits per heavy atom. The van der Waals surface area contributed by atoms with Crippen LogP contribution >= 0.6 is 0 Å². The number of nitrogens with one attached hydrogen (secondary N) is 1. The second-order valence-electron chi connectivity index (χ2n) is 5.79. The molecule has 0 saturated heterocycles. The molecule has 1 aromatic carbocycles. The molecule has 1 atom stereocenters. The van der Waals surface area contributed by atoms with Crippen LogP contribution in [0, 0.1) is 0 Å². The van der Waals surface area contributed by atoms with Crippen LogP contribution in [0.3, 0.4) is 0 Å². The van der Waals surface area contributed by atoms with Crippen LogP contribution in [-0.2, 0) is 9.59 Å². The SMILES string of the molecule is CC1Oc2ccccc2N(CC(=O)NC(C)(C)CN)C1=O. The van der Waals surface area contributed by atoms with E-state index in [-0.39, 0.29) is 18.4 Å². The van der Waals surface area contributed by atoms with Gasteiger partial charge in [-0.1, -0.05) is 12.1 Å². The van der Waals surface area contributed by atoms with E-state index < -0.39 is 11.6 Å². The zero-order valence-corrected chi connectivity index (χ0v) is 12.6. The summed E-state index contributed by atoms with van der Waals surface area (Å²) < 4.78 is 5.54. The number of nitrogens with two attached hydrogens (primary N) is 1. The number of carbonyl (C=O) groups is 2. The summed E-state index contributed by atoms with van der Waals surface area (Å²) in [5.74, 6) is 0.132. The van der Waals surface area contributed by atoms with Gasteiger partial charge in [-0.25, -0.2) is 0 Å². The van der Waals surface area contributed by atoms with E-state index in [0.717, 1.165) is 0 Å².